The lowest BCUT2D eigenvalue weighted by Gasteiger charge is -2.06. The molecule has 0 aliphatic carbocycles. The maximum absolute atomic E-state index is 12.2. The molecule has 0 bridgehead atoms. The van der Waals surface area contributed by atoms with Crippen LogP contribution in [-0.2, 0) is 6.42 Å². The van der Waals surface area contributed by atoms with Crippen LogP contribution >= 0.6 is 22.6 Å². The van der Waals surface area contributed by atoms with E-state index >= 15 is 0 Å². The summed E-state index contributed by atoms with van der Waals surface area (Å²) in [4.78, 5) is 12.2. The Bertz CT molecular complexity index is 578. The van der Waals surface area contributed by atoms with Crippen LogP contribution in [0.2, 0.25) is 0 Å². The van der Waals surface area contributed by atoms with Gasteiger partial charge in [-0.3, -0.25) is 4.79 Å². The SMILES string of the molecule is CCc1noc(C)c1C(=O)Nc1ccccc1I. The smallest absolute Gasteiger partial charge is 0.261 e. The summed E-state index contributed by atoms with van der Waals surface area (Å²) in [6, 6.07) is 7.63. The largest absolute Gasteiger partial charge is 0.361 e. The lowest BCUT2D eigenvalue weighted by Crippen LogP contribution is -2.15. The van der Waals surface area contributed by atoms with Gasteiger partial charge in [-0.15, -0.1) is 0 Å². The molecule has 0 unspecified atom stereocenters. The summed E-state index contributed by atoms with van der Waals surface area (Å²) in [5.74, 6) is 0.380. The van der Waals surface area contributed by atoms with Crippen LogP contribution in [0.5, 0.6) is 0 Å². The van der Waals surface area contributed by atoms with Crippen molar-refractivity contribution in [3.63, 3.8) is 0 Å². The second-order valence-electron chi connectivity index (χ2n) is 3.85. The first-order chi connectivity index (χ1) is 8.63. The summed E-state index contributed by atoms with van der Waals surface area (Å²) in [7, 11) is 0. The van der Waals surface area contributed by atoms with Crippen LogP contribution in [0.3, 0.4) is 0 Å². The van der Waals surface area contributed by atoms with E-state index in [1.54, 1.807) is 6.92 Å². The highest BCUT2D eigenvalue weighted by atomic mass is 127. The molecule has 1 aromatic heterocycles. The fourth-order valence-electron chi connectivity index (χ4n) is 1.70. The second-order valence-corrected chi connectivity index (χ2v) is 5.01. The number of benzene rings is 1. The second kappa shape index (κ2) is 5.51. The van der Waals surface area contributed by atoms with Crippen LogP contribution in [0.4, 0.5) is 5.69 Å². The fraction of sp³-hybridized carbons (Fsp3) is 0.231. The van der Waals surface area contributed by atoms with Crippen LogP contribution in [0.1, 0.15) is 28.7 Å². The minimum absolute atomic E-state index is 0.172. The first-order valence-corrected chi connectivity index (χ1v) is 6.72. The number of carbonyl (C=O) groups is 1. The van der Waals surface area contributed by atoms with E-state index in [-0.39, 0.29) is 5.91 Å². The molecule has 1 amide bonds. The van der Waals surface area contributed by atoms with Crippen LogP contribution in [-0.4, -0.2) is 11.1 Å². The zero-order valence-corrected chi connectivity index (χ0v) is 12.3. The van der Waals surface area contributed by atoms with Crippen LogP contribution in [0, 0.1) is 10.5 Å². The van der Waals surface area contributed by atoms with Crippen LogP contribution in [0.25, 0.3) is 0 Å². The molecule has 1 heterocycles. The van der Waals surface area contributed by atoms with Crippen molar-refractivity contribution in [2.45, 2.75) is 20.3 Å². The third kappa shape index (κ3) is 2.55. The van der Waals surface area contributed by atoms with E-state index in [1.165, 1.54) is 0 Å². The highest BCUT2D eigenvalue weighted by molar-refractivity contribution is 14.1. The molecule has 0 fully saturated rings. The fourth-order valence-corrected chi connectivity index (χ4v) is 2.22. The van der Waals surface area contributed by atoms with Crippen molar-refractivity contribution in [2.24, 2.45) is 0 Å². The standard InChI is InChI=1S/C13H13IN2O2/c1-3-10-12(8(2)18-16-10)13(17)15-11-7-5-4-6-9(11)14/h4-7H,3H2,1-2H3,(H,15,17). The van der Waals surface area contributed by atoms with Gasteiger partial charge in [-0.1, -0.05) is 24.2 Å². The van der Waals surface area contributed by atoms with Gasteiger partial charge in [0.1, 0.15) is 11.3 Å². The van der Waals surface area contributed by atoms with E-state index in [0.29, 0.717) is 23.4 Å². The number of halogens is 1. The number of nitrogens with one attached hydrogen (secondary N) is 1. The zero-order chi connectivity index (χ0) is 13.1. The van der Waals surface area contributed by atoms with E-state index in [9.17, 15) is 4.79 Å². The summed E-state index contributed by atoms with van der Waals surface area (Å²) in [6.07, 6.45) is 0.673. The number of hydrogen-bond donors (Lipinski definition) is 1. The molecule has 94 valence electrons. The zero-order valence-electron chi connectivity index (χ0n) is 10.2. The van der Waals surface area contributed by atoms with Gasteiger partial charge in [0.15, 0.2) is 0 Å². The first kappa shape index (κ1) is 13.1. The van der Waals surface area contributed by atoms with Crippen LogP contribution in [0.15, 0.2) is 28.8 Å². The molecule has 5 heteroatoms. The minimum Gasteiger partial charge on any atom is -0.361 e. The number of hydrogen-bond acceptors (Lipinski definition) is 3. The molecule has 1 N–H and O–H groups in total. The number of carbonyl (C=O) groups excluding carboxylic acids is 1. The molecule has 2 aromatic rings. The molecule has 0 aliphatic heterocycles. The Labute approximate surface area is 119 Å². The summed E-state index contributed by atoms with van der Waals surface area (Å²) in [6.45, 7) is 3.69. The molecule has 0 saturated heterocycles. The van der Waals surface area contributed by atoms with Crippen molar-refractivity contribution in [3.05, 3.63) is 44.9 Å². The number of aryl methyl sites for hydroxylation is 2. The monoisotopic (exact) mass is 356 g/mol. The lowest BCUT2D eigenvalue weighted by molar-refractivity contribution is 0.102. The van der Waals surface area contributed by atoms with Gasteiger partial charge < -0.3 is 9.84 Å². The normalized spacial score (nSPS) is 10.4. The third-order valence-electron chi connectivity index (χ3n) is 2.62. The Kier molecular flexibility index (Phi) is 4.00. The predicted molar refractivity (Wildman–Crippen MR) is 77.7 cm³/mol. The Hall–Kier alpha value is -1.37. The van der Waals surface area contributed by atoms with Gasteiger partial charge >= 0.3 is 0 Å². The molecule has 2 rings (SSSR count). The first-order valence-electron chi connectivity index (χ1n) is 5.64. The van der Waals surface area contributed by atoms with Crippen molar-refractivity contribution in [1.82, 2.24) is 5.16 Å². The van der Waals surface area contributed by atoms with Gasteiger partial charge in [0, 0.05) is 3.57 Å². The van der Waals surface area contributed by atoms with Gasteiger partial charge in [-0.2, -0.15) is 0 Å². The Morgan fingerprint density at radius 3 is 2.83 bits per heavy atom. The number of para-hydroxylation sites is 1. The average Bonchev–Trinajstić information content (AvgIpc) is 2.73. The highest BCUT2D eigenvalue weighted by Gasteiger charge is 2.19. The quantitative estimate of drug-likeness (QED) is 0.858. The molecular weight excluding hydrogens is 343 g/mol. The third-order valence-corrected chi connectivity index (χ3v) is 3.56. The van der Waals surface area contributed by atoms with Crippen molar-refractivity contribution in [1.29, 1.82) is 0 Å². The van der Waals surface area contributed by atoms with E-state index in [1.807, 2.05) is 31.2 Å². The minimum atomic E-state index is -0.172. The molecule has 18 heavy (non-hydrogen) atoms. The lowest BCUT2D eigenvalue weighted by atomic mass is 10.1. The highest BCUT2D eigenvalue weighted by Crippen LogP contribution is 2.20. The summed E-state index contributed by atoms with van der Waals surface area (Å²) < 4.78 is 6.06. The number of amides is 1. The van der Waals surface area contributed by atoms with Crippen molar-refractivity contribution < 1.29 is 9.32 Å². The van der Waals surface area contributed by atoms with Gasteiger partial charge in [0.05, 0.1) is 11.4 Å². The molecule has 4 nitrogen and oxygen atoms in total. The maximum Gasteiger partial charge on any atom is 0.261 e. The molecule has 0 radical (unpaired) electrons. The Balaban J connectivity index is 2.28. The van der Waals surface area contributed by atoms with Crippen molar-refractivity contribution >= 4 is 34.2 Å². The number of nitrogens with zero attached hydrogens (tertiary/aromatic N) is 1. The van der Waals surface area contributed by atoms with E-state index in [0.717, 1.165) is 9.26 Å². The molecular formula is C13H13IN2O2. The Morgan fingerprint density at radius 2 is 2.17 bits per heavy atom. The van der Waals surface area contributed by atoms with Gasteiger partial charge in [0.25, 0.3) is 5.91 Å². The van der Waals surface area contributed by atoms with Gasteiger partial charge in [0.2, 0.25) is 0 Å². The topological polar surface area (TPSA) is 55.1 Å². The molecule has 0 spiro atoms. The van der Waals surface area contributed by atoms with Crippen molar-refractivity contribution in [2.75, 3.05) is 5.32 Å². The molecule has 0 atom stereocenters. The number of rotatable bonds is 3. The maximum atomic E-state index is 12.2. The van der Waals surface area contributed by atoms with Gasteiger partial charge in [-0.25, -0.2) is 0 Å². The van der Waals surface area contributed by atoms with Crippen LogP contribution < -0.4 is 5.32 Å². The summed E-state index contributed by atoms with van der Waals surface area (Å²) >= 11 is 2.18. The number of aromatic nitrogens is 1. The molecule has 0 saturated carbocycles. The van der Waals surface area contributed by atoms with E-state index in [4.69, 9.17) is 4.52 Å². The summed E-state index contributed by atoms with van der Waals surface area (Å²) in [5, 5.41) is 6.76. The summed E-state index contributed by atoms with van der Waals surface area (Å²) in [5.41, 5.74) is 2.03. The average molecular weight is 356 g/mol. The Morgan fingerprint density at radius 1 is 1.44 bits per heavy atom. The molecule has 0 aliphatic rings. The van der Waals surface area contributed by atoms with Crippen molar-refractivity contribution in [3.8, 4) is 0 Å². The number of anilines is 1. The predicted octanol–water partition coefficient (Wildman–Crippen LogP) is 3.40. The molecule has 1 aromatic carbocycles. The van der Waals surface area contributed by atoms with Gasteiger partial charge in [-0.05, 0) is 48.1 Å². The van der Waals surface area contributed by atoms with E-state index < -0.39 is 0 Å². The van der Waals surface area contributed by atoms with E-state index in [2.05, 4.69) is 33.1 Å².